The van der Waals surface area contributed by atoms with E-state index in [2.05, 4.69) is 18.2 Å². The van der Waals surface area contributed by atoms with Crippen molar-refractivity contribution in [1.29, 1.82) is 0 Å². The summed E-state index contributed by atoms with van der Waals surface area (Å²) >= 11 is 1.78. The van der Waals surface area contributed by atoms with E-state index in [-0.39, 0.29) is 5.91 Å². The Labute approximate surface area is 163 Å². The summed E-state index contributed by atoms with van der Waals surface area (Å²) in [6.07, 6.45) is 0. The van der Waals surface area contributed by atoms with Crippen LogP contribution < -0.4 is 9.80 Å². The van der Waals surface area contributed by atoms with Crippen LogP contribution in [0.5, 0.6) is 0 Å². The lowest BCUT2D eigenvalue weighted by molar-refractivity contribution is -0.917. The maximum Gasteiger partial charge on any atom is 0.254 e. The highest BCUT2D eigenvalue weighted by molar-refractivity contribution is 7.18. The number of rotatable bonds is 4. The Balaban J connectivity index is 1.37. The molecule has 0 radical (unpaired) electrons. The molecule has 1 fully saturated rings. The second-order valence-electron chi connectivity index (χ2n) is 7.24. The lowest BCUT2D eigenvalue weighted by Crippen LogP contribution is -3.13. The number of thiazole rings is 1. The van der Waals surface area contributed by atoms with Crippen molar-refractivity contribution in [3.8, 4) is 0 Å². The van der Waals surface area contributed by atoms with E-state index >= 15 is 0 Å². The van der Waals surface area contributed by atoms with Gasteiger partial charge in [-0.2, -0.15) is 0 Å². The minimum Gasteiger partial charge on any atom is -0.378 e. The highest BCUT2D eigenvalue weighted by Gasteiger charge is 2.25. The van der Waals surface area contributed by atoms with Gasteiger partial charge in [0.25, 0.3) is 5.91 Å². The number of aromatic nitrogens is 1. The van der Waals surface area contributed by atoms with Gasteiger partial charge < -0.3 is 14.7 Å². The fraction of sp³-hybridized carbons (Fsp3) is 0.333. The molecule has 1 N–H and O–H groups in total. The van der Waals surface area contributed by atoms with Gasteiger partial charge in [0.2, 0.25) is 0 Å². The van der Waals surface area contributed by atoms with Crippen LogP contribution in [0.25, 0.3) is 10.2 Å². The molecular formula is C21H25N4OS+. The fourth-order valence-corrected chi connectivity index (χ4v) is 4.55. The number of nitrogens with one attached hydrogen (secondary N) is 1. The molecule has 1 saturated heterocycles. The van der Waals surface area contributed by atoms with Crippen LogP contribution in [-0.4, -0.2) is 56.1 Å². The largest absolute Gasteiger partial charge is 0.378 e. The number of piperazine rings is 1. The molecule has 0 bridgehead atoms. The van der Waals surface area contributed by atoms with E-state index in [9.17, 15) is 4.79 Å². The Morgan fingerprint density at radius 2 is 1.93 bits per heavy atom. The van der Waals surface area contributed by atoms with Gasteiger partial charge in [-0.25, -0.2) is 4.98 Å². The first-order chi connectivity index (χ1) is 13.1. The van der Waals surface area contributed by atoms with Crippen LogP contribution in [-0.2, 0) is 6.54 Å². The van der Waals surface area contributed by atoms with E-state index in [1.54, 1.807) is 11.3 Å². The lowest BCUT2D eigenvalue weighted by Gasteiger charge is -2.32. The molecule has 1 aromatic heterocycles. The molecule has 1 amide bonds. The summed E-state index contributed by atoms with van der Waals surface area (Å²) in [6.45, 7) is 4.47. The number of carbonyl (C=O) groups excluding carboxylic acids is 1. The van der Waals surface area contributed by atoms with Crippen LogP contribution in [0.4, 0.5) is 5.69 Å². The second-order valence-corrected chi connectivity index (χ2v) is 8.35. The molecule has 1 aliphatic heterocycles. The van der Waals surface area contributed by atoms with Gasteiger partial charge in [-0.3, -0.25) is 4.79 Å². The third kappa shape index (κ3) is 3.96. The maximum absolute atomic E-state index is 12.8. The zero-order valence-corrected chi connectivity index (χ0v) is 16.6. The molecule has 0 spiro atoms. The molecule has 140 valence electrons. The van der Waals surface area contributed by atoms with Crippen molar-refractivity contribution < 1.29 is 9.69 Å². The lowest BCUT2D eigenvalue weighted by atomic mass is 10.1. The average molecular weight is 382 g/mol. The summed E-state index contributed by atoms with van der Waals surface area (Å²) in [5.74, 6) is 0.137. The molecule has 4 rings (SSSR count). The Bertz CT molecular complexity index is 911. The summed E-state index contributed by atoms with van der Waals surface area (Å²) in [6, 6.07) is 16.2. The van der Waals surface area contributed by atoms with Gasteiger partial charge in [-0.15, -0.1) is 11.3 Å². The molecular weight excluding hydrogens is 356 g/mol. The van der Waals surface area contributed by atoms with Crippen LogP contribution in [0, 0.1) is 0 Å². The SMILES string of the molecule is CN(C)c1cccc(C(=O)N2CC[NH+](Cc3nc4ccccc4s3)CC2)c1. The second kappa shape index (κ2) is 7.66. The molecule has 2 aromatic carbocycles. The third-order valence-corrected chi connectivity index (χ3v) is 6.14. The highest BCUT2D eigenvalue weighted by atomic mass is 32.1. The number of nitrogens with zero attached hydrogens (tertiary/aromatic N) is 3. The number of hydrogen-bond acceptors (Lipinski definition) is 4. The minimum atomic E-state index is 0.137. The molecule has 1 aliphatic rings. The van der Waals surface area contributed by atoms with E-state index < -0.39 is 0 Å². The number of para-hydroxylation sites is 1. The van der Waals surface area contributed by atoms with Crippen LogP contribution in [0.15, 0.2) is 48.5 Å². The van der Waals surface area contributed by atoms with Gasteiger partial charge in [-0.1, -0.05) is 18.2 Å². The number of quaternary nitrogens is 1. The Morgan fingerprint density at radius 3 is 2.67 bits per heavy atom. The molecule has 5 nitrogen and oxygen atoms in total. The molecule has 27 heavy (non-hydrogen) atoms. The summed E-state index contributed by atoms with van der Waals surface area (Å²) in [5, 5.41) is 1.18. The van der Waals surface area contributed by atoms with Gasteiger partial charge in [-0.05, 0) is 30.3 Å². The summed E-state index contributed by atoms with van der Waals surface area (Å²) in [5.41, 5.74) is 2.92. The first-order valence-corrected chi connectivity index (χ1v) is 10.2. The number of benzene rings is 2. The van der Waals surface area contributed by atoms with Gasteiger partial charge in [0.05, 0.1) is 36.4 Å². The van der Waals surface area contributed by atoms with Gasteiger partial charge in [0.15, 0.2) is 0 Å². The zero-order valence-electron chi connectivity index (χ0n) is 15.8. The number of hydrogen-bond donors (Lipinski definition) is 1. The summed E-state index contributed by atoms with van der Waals surface area (Å²) in [7, 11) is 3.99. The third-order valence-electron chi connectivity index (χ3n) is 5.11. The fourth-order valence-electron chi connectivity index (χ4n) is 3.51. The van der Waals surface area contributed by atoms with Gasteiger partial charge in [0.1, 0.15) is 11.6 Å². The standard InChI is InChI=1S/C21H24N4OS/c1-23(2)17-7-5-6-16(14-17)21(26)25-12-10-24(11-13-25)15-20-22-18-8-3-4-9-19(18)27-20/h3-9,14H,10-13,15H2,1-2H3/p+1. The van der Waals surface area contributed by atoms with E-state index in [0.717, 1.165) is 49.5 Å². The van der Waals surface area contributed by atoms with E-state index in [1.165, 1.54) is 14.6 Å². The van der Waals surface area contributed by atoms with Crippen molar-refractivity contribution in [2.45, 2.75) is 6.54 Å². The van der Waals surface area contributed by atoms with E-state index in [0.29, 0.717) is 0 Å². The average Bonchev–Trinajstić information content (AvgIpc) is 3.10. The number of carbonyl (C=O) groups is 1. The normalized spacial score (nSPS) is 15.3. The first-order valence-electron chi connectivity index (χ1n) is 9.35. The van der Waals surface area contributed by atoms with Crippen LogP contribution in [0.3, 0.4) is 0 Å². The van der Waals surface area contributed by atoms with Crippen molar-refractivity contribution >= 4 is 33.1 Å². The highest BCUT2D eigenvalue weighted by Crippen LogP contribution is 2.21. The Kier molecular flexibility index (Phi) is 5.09. The molecule has 0 atom stereocenters. The Hall–Kier alpha value is -2.44. The van der Waals surface area contributed by atoms with Gasteiger partial charge >= 0.3 is 0 Å². The molecule has 6 heteroatoms. The van der Waals surface area contributed by atoms with Crippen molar-refractivity contribution in [3.63, 3.8) is 0 Å². The molecule has 0 saturated carbocycles. The molecule has 0 aliphatic carbocycles. The van der Waals surface area contributed by atoms with Crippen LogP contribution in [0.2, 0.25) is 0 Å². The maximum atomic E-state index is 12.8. The van der Waals surface area contributed by atoms with Crippen molar-refractivity contribution in [2.75, 3.05) is 45.2 Å². The quantitative estimate of drug-likeness (QED) is 0.751. The molecule has 3 aromatic rings. The first kappa shape index (κ1) is 17.9. The smallest absolute Gasteiger partial charge is 0.254 e. The number of amides is 1. The van der Waals surface area contributed by atoms with Crippen molar-refractivity contribution in [2.24, 2.45) is 0 Å². The van der Waals surface area contributed by atoms with E-state index in [1.807, 2.05) is 54.2 Å². The number of fused-ring (bicyclic) bond motifs is 1. The van der Waals surface area contributed by atoms with E-state index in [4.69, 9.17) is 4.98 Å². The van der Waals surface area contributed by atoms with Crippen molar-refractivity contribution in [1.82, 2.24) is 9.88 Å². The summed E-state index contributed by atoms with van der Waals surface area (Å²) in [4.78, 5) is 23.1. The predicted molar refractivity (Wildman–Crippen MR) is 111 cm³/mol. The van der Waals surface area contributed by atoms with Crippen LogP contribution in [0.1, 0.15) is 15.4 Å². The topological polar surface area (TPSA) is 40.9 Å². The minimum absolute atomic E-state index is 0.137. The Morgan fingerprint density at radius 1 is 1.15 bits per heavy atom. The monoisotopic (exact) mass is 381 g/mol. The number of anilines is 1. The predicted octanol–water partition coefficient (Wildman–Crippen LogP) is 1.90. The zero-order chi connectivity index (χ0) is 18.8. The molecule has 2 heterocycles. The van der Waals surface area contributed by atoms with Gasteiger partial charge in [0, 0.05) is 25.3 Å². The molecule has 0 unspecified atom stereocenters. The van der Waals surface area contributed by atoms with Crippen molar-refractivity contribution in [3.05, 3.63) is 59.1 Å². The summed E-state index contributed by atoms with van der Waals surface area (Å²) < 4.78 is 1.25. The van der Waals surface area contributed by atoms with Crippen LogP contribution >= 0.6 is 11.3 Å².